The summed E-state index contributed by atoms with van der Waals surface area (Å²) in [7, 11) is 2.17. The zero-order chi connectivity index (χ0) is 13.2. The first kappa shape index (κ1) is 12.5. The quantitative estimate of drug-likeness (QED) is 0.849. The Morgan fingerprint density at radius 2 is 2.37 bits per heavy atom. The van der Waals surface area contributed by atoms with Crippen LogP contribution in [0.15, 0.2) is 24.5 Å². The molecule has 0 spiro atoms. The molecule has 0 unspecified atom stereocenters. The molecule has 19 heavy (non-hydrogen) atoms. The molecule has 2 aromatic rings. The molecule has 2 aromatic heterocycles. The van der Waals surface area contributed by atoms with Crippen molar-refractivity contribution < 1.29 is 0 Å². The van der Waals surface area contributed by atoms with E-state index in [-0.39, 0.29) is 0 Å². The average molecular weight is 275 g/mol. The summed E-state index contributed by atoms with van der Waals surface area (Å²) < 4.78 is 2.72. The summed E-state index contributed by atoms with van der Waals surface area (Å²) in [4.78, 5) is 6.52. The number of likely N-dealkylation sites (N-methyl/N-ethyl adjacent to an activating group) is 1. The molecule has 0 aromatic carbocycles. The third kappa shape index (κ3) is 2.74. The van der Waals surface area contributed by atoms with Crippen LogP contribution in [0.4, 0.5) is 0 Å². The standard InChI is InChI=1S/C13H17N5S/c1-17(11-4-5-11)7-8-18-12(15-16-13(18)19)10-3-2-6-14-9-10/h2-3,6,9,11H,4-5,7-8H2,1H3,(H,16,19). The van der Waals surface area contributed by atoms with Crippen molar-refractivity contribution in [3.8, 4) is 11.4 Å². The van der Waals surface area contributed by atoms with Crippen LogP contribution >= 0.6 is 12.2 Å². The van der Waals surface area contributed by atoms with Crippen LogP contribution in [0.2, 0.25) is 0 Å². The Kier molecular flexibility index (Phi) is 3.44. The fourth-order valence-electron chi connectivity index (χ4n) is 2.20. The second-order valence-corrected chi connectivity index (χ2v) is 5.34. The van der Waals surface area contributed by atoms with Crippen molar-refractivity contribution >= 4 is 12.2 Å². The summed E-state index contributed by atoms with van der Waals surface area (Å²) in [6.07, 6.45) is 6.22. The van der Waals surface area contributed by atoms with Gasteiger partial charge in [0, 0.05) is 37.1 Å². The molecule has 1 N–H and O–H groups in total. The van der Waals surface area contributed by atoms with Crippen LogP contribution < -0.4 is 0 Å². The number of nitrogens with zero attached hydrogens (tertiary/aromatic N) is 4. The second-order valence-electron chi connectivity index (χ2n) is 4.96. The number of nitrogens with one attached hydrogen (secondary N) is 1. The van der Waals surface area contributed by atoms with E-state index in [4.69, 9.17) is 12.2 Å². The van der Waals surface area contributed by atoms with Crippen molar-refractivity contribution in [1.29, 1.82) is 0 Å². The molecule has 1 aliphatic rings. The van der Waals surface area contributed by atoms with Gasteiger partial charge in [-0.25, -0.2) is 0 Å². The van der Waals surface area contributed by atoms with E-state index in [0.29, 0.717) is 4.77 Å². The third-order valence-corrected chi connectivity index (χ3v) is 3.84. The number of hydrogen-bond acceptors (Lipinski definition) is 4. The highest BCUT2D eigenvalue weighted by Crippen LogP contribution is 2.25. The van der Waals surface area contributed by atoms with Crippen molar-refractivity contribution in [3.05, 3.63) is 29.3 Å². The first-order valence-electron chi connectivity index (χ1n) is 6.51. The first-order valence-corrected chi connectivity index (χ1v) is 6.92. The maximum Gasteiger partial charge on any atom is 0.195 e. The van der Waals surface area contributed by atoms with E-state index >= 15 is 0 Å². The Balaban J connectivity index is 1.80. The molecule has 0 atom stereocenters. The van der Waals surface area contributed by atoms with Crippen LogP contribution in [-0.2, 0) is 6.54 Å². The van der Waals surface area contributed by atoms with Gasteiger partial charge in [-0.05, 0) is 44.2 Å². The smallest absolute Gasteiger partial charge is 0.195 e. The molecule has 6 heteroatoms. The van der Waals surface area contributed by atoms with Crippen molar-refractivity contribution in [2.24, 2.45) is 0 Å². The molecule has 0 aliphatic heterocycles. The van der Waals surface area contributed by atoms with Crippen molar-refractivity contribution in [2.75, 3.05) is 13.6 Å². The van der Waals surface area contributed by atoms with Crippen LogP contribution in [-0.4, -0.2) is 44.3 Å². The highest BCUT2D eigenvalue weighted by molar-refractivity contribution is 7.71. The Labute approximate surface area is 117 Å². The van der Waals surface area contributed by atoms with E-state index in [2.05, 4.69) is 27.1 Å². The van der Waals surface area contributed by atoms with E-state index in [1.807, 2.05) is 22.9 Å². The van der Waals surface area contributed by atoms with Gasteiger partial charge in [0.05, 0.1) is 0 Å². The van der Waals surface area contributed by atoms with Crippen LogP contribution in [0, 0.1) is 4.77 Å². The average Bonchev–Trinajstić information content (AvgIpc) is 3.22. The highest BCUT2D eigenvalue weighted by Gasteiger charge is 2.25. The Morgan fingerprint density at radius 1 is 1.53 bits per heavy atom. The van der Waals surface area contributed by atoms with Crippen LogP contribution in [0.5, 0.6) is 0 Å². The van der Waals surface area contributed by atoms with E-state index in [1.165, 1.54) is 12.8 Å². The lowest BCUT2D eigenvalue weighted by molar-refractivity contribution is 0.309. The molecule has 1 fully saturated rings. The van der Waals surface area contributed by atoms with Gasteiger partial charge in [-0.3, -0.25) is 14.6 Å². The molecule has 1 saturated carbocycles. The zero-order valence-corrected chi connectivity index (χ0v) is 11.7. The first-order chi connectivity index (χ1) is 9.25. The number of hydrogen-bond donors (Lipinski definition) is 1. The van der Waals surface area contributed by atoms with Crippen molar-refractivity contribution in [2.45, 2.75) is 25.4 Å². The van der Waals surface area contributed by atoms with Gasteiger partial charge >= 0.3 is 0 Å². The topological polar surface area (TPSA) is 49.7 Å². The number of aromatic nitrogens is 4. The van der Waals surface area contributed by atoms with Gasteiger partial charge in [-0.15, -0.1) is 0 Å². The molecule has 0 saturated heterocycles. The molecule has 1 aliphatic carbocycles. The van der Waals surface area contributed by atoms with Gasteiger partial charge in [0.1, 0.15) is 0 Å². The van der Waals surface area contributed by atoms with Gasteiger partial charge in [0.2, 0.25) is 0 Å². The van der Waals surface area contributed by atoms with Gasteiger partial charge in [-0.2, -0.15) is 5.10 Å². The molecule has 0 radical (unpaired) electrons. The lowest BCUT2D eigenvalue weighted by Gasteiger charge is -2.16. The summed E-state index contributed by atoms with van der Waals surface area (Å²) in [5.41, 5.74) is 0.990. The normalized spacial score (nSPS) is 15.1. The van der Waals surface area contributed by atoms with E-state index < -0.39 is 0 Å². The van der Waals surface area contributed by atoms with E-state index in [9.17, 15) is 0 Å². The fraction of sp³-hybridized carbons (Fsp3) is 0.462. The Morgan fingerprint density at radius 3 is 3.05 bits per heavy atom. The predicted molar refractivity (Wildman–Crippen MR) is 76.3 cm³/mol. The Hall–Kier alpha value is -1.53. The SMILES string of the molecule is CN(CCn1c(-c2cccnc2)n[nH]c1=S)C1CC1. The summed E-state index contributed by atoms with van der Waals surface area (Å²) in [6.45, 7) is 1.85. The molecule has 0 bridgehead atoms. The molecule has 0 amide bonds. The third-order valence-electron chi connectivity index (χ3n) is 3.52. The van der Waals surface area contributed by atoms with Gasteiger partial charge in [0.25, 0.3) is 0 Å². The lowest BCUT2D eigenvalue weighted by Crippen LogP contribution is -2.25. The molecule has 5 nitrogen and oxygen atoms in total. The number of H-pyrrole nitrogens is 1. The minimum absolute atomic E-state index is 0.669. The maximum absolute atomic E-state index is 5.31. The van der Waals surface area contributed by atoms with Crippen LogP contribution in [0.25, 0.3) is 11.4 Å². The second kappa shape index (κ2) is 5.22. The lowest BCUT2D eigenvalue weighted by atomic mass is 10.3. The Bertz CT molecular complexity index is 599. The van der Waals surface area contributed by atoms with Crippen molar-refractivity contribution in [3.63, 3.8) is 0 Å². The minimum atomic E-state index is 0.669. The van der Waals surface area contributed by atoms with Gasteiger partial charge < -0.3 is 4.90 Å². The van der Waals surface area contributed by atoms with E-state index in [0.717, 1.165) is 30.5 Å². The number of rotatable bonds is 5. The van der Waals surface area contributed by atoms with E-state index in [1.54, 1.807) is 6.20 Å². The number of pyridine rings is 1. The summed E-state index contributed by atoms with van der Waals surface area (Å²) in [5.74, 6) is 0.863. The monoisotopic (exact) mass is 275 g/mol. The molecular formula is C13H17N5S. The fourth-order valence-corrected chi connectivity index (χ4v) is 2.42. The van der Waals surface area contributed by atoms with Crippen LogP contribution in [0.3, 0.4) is 0 Å². The summed E-state index contributed by atoms with van der Waals surface area (Å²) in [5, 5.41) is 7.19. The molecule has 100 valence electrons. The number of aromatic amines is 1. The largest absolute Gasteiger partial charge is 0.302 e. The molecule has 3 rings (SSSR count). The molecular weight excluding hydrogens is 258 g/mol. The van der Waals surface area contributed by atoms with Crippen molar-refractivity contribution in [1.82, 2.24) is 24.6 Å². The zero-order valence-electron chi connectivity index (χ0n) is 10.9. The highest BCUT2D eigenvalue weighted by atomic mass is 32.1. The molecule has 2 heterocycles. The maximum atomic E-state index is 5.31. The van der Waals surface area contributed by atoms with Gasteiger partial charge in [0.15, 0.2) is 10.6 Å². The summed E-state index contributed by atoms with van der Waals surface area (Å²) >= 11 is 5.31. The predicted octanol–water partition coefficient (Wildman–Crippen LogP) is 2.10. The van der Waals surface area contributed by atoms with Gasteiger partial charge in [-0.1, -0.05) is 0 Å². The van der Waals surface area contributed by atoms with Crippen LogP contribution in [0.1, 0.15) is 12.8 Å². The minimum Gasteiger partial charge on any atom is -0.302 e. The summed E-state index contributed by atoms with van der Waals surface area (Å²) in [6, 6.07) is 4.68.